The summed E-state index contributed by atoms with van der Waals surface area (Å²) in [5.41, 5.74) is -0.105. The Labute approximate surface area is 153 Å². The maximum Gasteiger partial charge on any atom is 0.234 e. The van der Waals surface area contributed by atoms with E-state index < -0.39 is 27.4 Å². The molecule has 1 atom stereocenters. The van der Waals surface area contributed by atoms with Crippen molar-refractivity contribution in [1.82, 2.24) is 14.8 Å². The van der Waals surface area contributed by atoms with Crippen LogP contribution in [-0.2, 0) is 21.7 Å². The molecule has 0 spiro atoms. The molecule has 11 heteroatoms. The number of hydrogen-bond acceptors (Lipinski definition) is 6. The molecule has 1 saturated heterocycles. The van der Waals surface area contributed by atoms with Gasteiger partial charge < -0.3 is 9.88 Å². The van der Waals surface area contributed by atoms with Crippen molar-refractivity contribution in [2.45, 2.75) is 17.5 Å². The van der Waals surface area contributed by atoms with Crippen molar-refractivity contribution < 1.29 is 22.0 Å². The third-order valence-corrected chi connectivity index (χ3v) is 6.79. The quantitative estimate of drug-likeness (QED) is 0.766. The third-order valence-electron chi connectivity index (χ3n) is 4.00. The molecule has 2 heterocycles. The summed E-state index contributed by atoms with van der Waals surface area (Å²) in [6.45, 7) is 0. The van der Waals surface area contributed by atoms with E-state index in [4.69, 9.17) is 0 Å². The van der Waals surface area contributed by atoms with E-state index in [2.05, 4.69) is 15.5 Å². The molecule has 1 unspecified atom stereocenters. The van der Waals surface area contributed by atoms with Gasteiger partial charge in [0.2, 0.25) is 5.91 Å². The van der Waals surface area contributed by atoms with E-state index in [1.54, 1.807) is 11.6 Å². The van der Waals surface area contributed by atoms with Crippen molar-refractivity contribution in [3.8, 4) is 0 Å². The smallest absolute Gasteiger partial charge is 0.234 e. The zero-order chi connectivity index (χ0) is 18.9. The van der Waals surface area contributed by atoms with Gasteiger partial charge in [-0.25, -0.2) is 17.2 Å². The van der Waals surface area contributed by atoms with Crippen molar-refractivity contribution in [2.75, 3.05) is 22.6 Å². The Kier molecular flexibility index (Phi) is 5.28. The molecule has 26 heavy (non-hydrogen) atoms. The summed E-state index contributed by atoms with van der Waals surface area (Å²) < 4.78 is 51.3. The zero-order valence-corrected chi connectivity index (χ0v) is 15.4. The van der Waals surface area contributed by atoms with E-state index in [0.29, 0.717) is 23.5 Å². The standard InChI is InChI=1S/C15H16F2N4O3S2/c1-21-14(9-4-5-26(23,24)8-9)19-20-15(21)25-7-13(22)18-12-3-2-10(16)6-11(12)17/h2-3,6,9H,4-5,7-8H2,1H3,(H,18,22). The lowest BCUT2D eigenvalue weighted by atomic mass is 10.1. The Morgan fingerprint density at radius 2 is 2.15 bits per heavy atom. The second kappa shape index (κ2) is 7.31. The van der Waals surface area contributed by atoms with Crippen LogP contribution in [0, 0.1) is 11.6 Å². The van der Waals surface area contributed by atoms with Crippen molar-refractivity contribution in [3.63, 3.8) is 0 Å². The molecule has 1 fully saturated rings. The van der Waals surface area contributed by atoms with Crippen LogP contribution in [-0.4, -0.2) is 46.3 Å². The largest absolute Gasteiger partial charge is 0.323 e. The Morgan fingerprint density at radius 3 is 2.81 bits per heavy atom. The zero-order valence-electron chi connectivity index (χ0n) is 13.8. The van der Waals surface area contributed by atoms with Gasteiger partial charge in [-0.2, -0.15) is 0 Å². The number of nitrogens with one attached hydrogen (secondary N) is 1. The Bertz CT molecular complexity index is 946. The average Bonchev–Trinajstić information content (AvgIpc) is 3.10. The molecule has 1 aliphatic heterocycles. The first-order chi connectivity index (χ1) is 12.2. The molecule has 1 aromatic heterocycles. The van der Waals surface area contributed by atoms with Crippen LogP contribution in [0.2, 0.25) is 0 Å². The number of carbonyl (C=O) groups excluding carboxylic acids is 1. The molecule has 1 aromatic carbocycles. The highest BCUT2D eigenvalue weighted by Gasteiger charge is 2.32. The molecule has 3 rings (SSSR count). The van der Waals surface area contributed by atoms with Crippen LogP contribution in [0.15, 0.2) is 23.4 Å². The molecule has 0 bridgehead atoms. The number of aromatic nitrogens is 3. The summed E-state index contributed by atoms with van der Waals surface area (Å²) in [6.07, 6.45) is 0.503. The summed E-state index contributed by atoms with van der Waals surface area (Å²) >= 11 is 1.09. The van der Waals surface area contributed by atoms with Crippen LogP contribution in [0.4, 0.5) is 14.5 Å². The summed E-state index contributed by atoms with van der Waals surface area (Å²) in [5.74, 6) is -1.55. The van der Waals surface area contributed by atoms with Crippen LogP contribution >= 0.6 is 11.8 Å². The minimum atomic E-state index is -3.03. The molecule has 7 nitrogen and oxygen atoms in total. The number of halogens is 2. The number of thioether (sulfide) groups is 1. The number of sulfone groups is 1. The van der Waals surface area contributed by atoms with Gasteiger partial charge in [0.15, 0.2) is 15.0 Å². The maximum atomic E-state index is 13.5. The van der Waals surface area contributed by atoms with Crippen LogP contribution in [0.1, 0.15) is 18.2 Å². The van der Waals surface area contributed by atoms with Gasteiger partial charge in [-0.15, -0.1) is 10.2 Å². The number of benzene rings is 1. The fourth-order valence-electron chi connectivity index (χ4n) is 2.71. The molecule has 0 saturated carbocycles. The van der Waals surface area contributed by atoms with Crippen molar-refractivity contribution in [1.29, 1.82) is 0 Å². The minimum Gasteiger partial charge on any atom is -0.323 e. The van der Waals surface area contributed by atoms with E-state index in [1.807, 2.05) is 0 Å². The molecule has 0 aliphatic carbocycles. The molecule has 1 N–H and O–H groups in total. The average molecular weight is 402 g/mol. The number of hydrogen-bond donors (Lipinski definition) is 1. The van der Waals surface area contributed by atoms with Gasteiger partial charge in [0.05, 0.1) is 22.9 Å². The number of amides is 1. The molecular formula is C15H16F2N4O3S2. The molecular weight excluding hydrogens is 386 g/mol. The lowest BCUT2D eigenvalue weighted by Gasteiger charge is -2.08. The highest BCUT2D eigenvalue weighted by Crippen LogP contribution is 2.29. The summed E-state index contributed by atoms with van der Waals surface area (Å²) in [7, 11) is -1.32. The Balaban J connectivity index is 1.60. The lowest BCUT2D eigenvalue weighted by molar-refractivity contribution is -0.113. The fraction of sp³-hybridized carbons (Fsp3) is 0.400. The van der Waals surface area contributed by atoms with Crippen LogP contribution in [0.25, 0.3) is 0 Å². The number of rotatable bonds is 5. The first-order valence-corrected chi connectivity index (χ1v) is 10.5. The van der Waals surface area contributed by atoms with Crippen molar-refractivity contribution in [3.05, 3.63) is 35.7 Å². The van der Waals surface area contributed by atoms with Gasteiger partial charge in [-0.1, -0.05) is 11.8 Å². The highest BCUT2D eigenvalue weighted by atomic mass is 32.2. The third kappa shape index (κ3) is 4.21. The Morgan fingerprint density at radius 1 is 1.38 bits per heavy atom. The van der Waals surface area contributed by atoms with E-state index in [9.17, 15) is 22.0 Å². The normalized spacial score (nSPS) is 18.8. The van der Waals surface area contributed by atoms with Crippen LogP contribution < -0.4 is 5.32 Å². The van der Waals surface area contributed by atoms with Crippen molar-refractivity contribution >= 4 is 33.2 Å². The van der Waals surface area contributed by atoms with Gasteiger partial charge >= 0.3 is 0 Å². The first kappa shape index (κ1) is 18.8. The SMILES string of the molecule is Cn1c(SCC(=O)Nc2ccc(F)cc2F)nnc1C1CCS(=O)(=O)C1. The maximum absolute atomic E-state index is 13.5. The fourth-order valence-corrected chi connectivity index (χ4v) is 5.17. The van der Waals surface area contributed by atoms with E-state index >= 15 is 0 Å². The number of anilines is 1. The number of nitrogens with zero attached hydrogens (tertiary/aromatic N) is 3. The predicted molar refractivity (Wildman–Crippen MR) is 92.7 cm³/mol. The highest BCUT2D eigenvalue weighted by molar-refractivity contribution is 7.99. The van der Waals surface area contributed by atoms with Crippen molar-refractivity contribution in [2.24, 2.45) is 7.05 Å². The molecule has 0 radical (unpaired) electrons. The van der Waals surface area contributed by atoms with E-state index in [0.717, 1.165) is 23.9 Å². The summed E-state index contributed by atoms with van der Waals surface area (Å²) in [5, 5.41) is 10.9. The first-order valence-electron chi connectivity index (χ1n) is 7.72. The minimum absolute atomic E-state index is 0.0496. The second-order valence-corrected chi connectivity index (χ2v) is 9.13. The lowest BCUT2D eigenvalue weighted by Crippen LogP contribution is -2.15. The second-order valence-electron chi connectivity index (χ2n) is 5.96. The molecule has 140 valence electrons. The molecule has 1 aliphatic rings. The number of carbonyl (C=O) groups is 1. The van der Waals surface area contributed by atoms with E-state index in [-0.39, 0.29) is 28.9 Å². The topological polar surface area (TPSA) is 93.9 Å². The summed E-state index contributed by atoms with van der Waals surface area (Å²) in [4.78, 5) is 12.0. The van der Waals surface area contributed by atoms with Gasteiger partial charge in [0.25, 0.3) is 0 Å². The molecule has 2 aromatic rings. The van der Waals surface area contributed by atoms with E-state index in [1.165, 1.54) is 0 Å². The predicted octanol–water partition coefficient (Wildman–Crippen LogP) is 1.73. The monoisotopic (exact) mass is 402 g/mol. The van der Waals surface area contributed by atoms with Gasteiger partial charge in [-0.3, -0.25) is 4.79 Å². The summed E-state index contributed by atoms with van der Waals surface area (Å²) in [6, 6.07) is 2.89. The van der Waals surface area contributed by atoms with Gasteiger partial charge in [0.1, 0.15) is 17.5 Å². The van der Waals surface area contributed by atoms with Crippen LogP contribution in [0.5, 0.6) is 0 Å². The van der Waals surface area contributed by atoms with Gasteiger partial charge in [-0.05, 0) is 18.6 Å². The Hall–Kier alpha value is -2.01. The molecule has 1 amide bonds. The van der Waals surface area contributed by atoms with Crippen LogP contribution in [0.3, 0.4) is 0 Å². The van der Waals surface area contributed by atoms with Gasteiger partial charge in [0, 0.05) is 19.0 Å².